The number of piperidine rings is 1. The van der Waals surface area contributed by atoms with Crippen molar-refractivity contribution < 1.29 is 4.74 Å². The van der Waals surface area contributed by atoms with Gasteiger partial charge >= 0.3 is 0 Å². The van der Waals surface area contributed by atoms with Gasteiger partial charge in [0.05, 0.1) is 6.10 Å². The van der Waals surface area contributed by atoms with Gasteiger partial charge in [-0.25, -0.2) is 0 Å². The smallest absolute Gasteiger partial charge is 0.0724 e. The Labute approximate surface area is 99.5 Å². The van der Waals surface area contributed by atoms with Crippen molar-refractivity contribution in [3.05, 3.63) is 0 Å². The predicted octanol–water partition coefficient (Wildman–Crippen LogP) is 1.49. The van der Waals surface area contributed by atoms with Gasteiger partial charge in [0.25, 0.3) is 0 Å². The Morgan fingerprint density at radius 1 is 1.38 bits per heavy atom. The minimum Gasteiger partial charge on any atom is -0.380 e. The van der Waals surface area contributed by atoms with Gasteiger partial charge in [-0.2, -0.15) is 0 Å². The molecule has 2 saturated heterocycles. The average Bonchev–Trinajstić information content (AvgIpc) is 2.81. The van der Waals surface area contributed by atoms with Gasteiger partial charge in [0.15, 0.2) is 0 Å². The van der Waals surface area contributed by atoms with Crippen LogP contribution in [0, 0.1) is 5.92 Å². The molecule has 3 unspecified atom stereocenters. The number of ether oxygens (including phenoxy) is 1. The van der Waals surface area contributed by atoms with Gasteiger partial charge in [-0.05, 0) is 51.2 Å². The van der Waals surface area contributed by atoms with Crippen LogP contribution in [0.1, 0.15) is 32.6 Å². The van der Waals surface area contributed by atoms with Crippen LogP contribution in [0.2, 0.25) is 0 Å². The van der Waals surface area contributed by atoms with Gasteiger partial charge in [-0.3, -0.25) is 0 Å². The highest BCUT2D eigenvalue weighted by Crippen LogP contribution is 2.20. The average molecular weight is 226 g/mol. The molecule has 2 fully saturated rings. The van der Waals surface area contributed by atoms with E-state index in [-0.39, 0.29) is 0 Å². The third-order valence-electron chi connectivity index (χ3n) is 4.23. The molecule has 0 radical (unpaired) electrons. The summed E-state index contributed by atoms with van der Waals surface area (Å²) in [6.07, 6.45) is 5.78. The van der Waals surface area contributed by atoms with Crippen molar-refractivity contribution >= 4 is 0 Å². The summed E-state index contributed by atoms with van der Waals surface area (Å²) in [5, 5.41) is 3.57. The van der Waals surface area contributed by atoms with Gasteiger partial charge in [-0.1, -0.05) is 6.92 Å². The van der Waals surface area contributed by atoms with Crippen LogP contribution in [0.25, 0.3) is 0 Å². The summed E-state index contributed by atoms with van der Waals surface area (Å²) in [7, 11) is 1.85. The highest BCUT2D eigenvalue weighted by molar-refractivity contribution is 4.81. The second-order valence-corrected chi connectivity index (χ2v) is 5.42. The van der Waals surface area contributed by atoms with Crippen molar-refractivity contribution in [2.75, 3.05) is 33.3 Å². The minimum atomic E-state index is 0.449. The molecule has 2 aliphatic rings. The Morgan fingerprint density at radius 3 is 2.94 bits per heavy atom. The Kier molecular flexibility index (Phi) is 4.62. The molecule has 2 aliphatic heterocycles. The Bertz CT molecular complexity index is 204. The topological polar surface area (TPSA) is 24.5 Å². The van der Waals surface area contributed by atoms with E-state index in [0.717, 1.165) is 18.5 Å². The molecule has 0 aliphatic carbocycles. The maximum Gasteiger partial charge on any atom is 0.0724 e. The van der Waals surface area contributed by atoms with Crippen LogP contribution in [-0.2, 0) is 4.74 Å². The summed E-state index contributed by atoms with van der Waals surface area (Å²) in [6, 6.07) is 0.778. The molecule has 3 atom stereocenters. The van der Waals surface area contributed by atoms with Crippen LogP contribution in [-0.4, -0.2) is 50.3 Å². The number of nitrogens with one attached hydrogen (secondary N) is 1. The maximum atomic E-state index is 5.55. The third-order valence-corrected chi connectivity index (χ3v) is 4.23. The lowest BCUT2D eigenvalue weighted by Gasteiger charge is -2.36. The van der Waals surface area contributed by atoms with Crippen molar-refractivity contribution in [1.82, 2.24) is 10.2 Å². The Morgan fingerprint density at radius 2 is 2.25 bits per heavy atom. The molecule has 2 rings (SSSR count). The van der Waals surface area contributed by atoms with Gasteiger partial charge in [-0.15, -0.1) is 0 Å². The zero-order chi connectivity index (χ0) is 11.4. The maximum absolute atomic E-state index is 5.55. The van der Waals surface area contributed by atoms with Crippen molar-refractivity contribution in [1.29, 1.82) is 0 Å². The van der Waals surface area contributed by atoms with Crippen LogP contribution < -0.4 is 5.32 Å². The first-order valence-corrected chi connectivity index (χ1v) is 6.78. The highest BCUT2D eigenvalue weighted by atomic mass is 16.5. The lowest BCUT2D eigenvalue weighted by molar-refractivity contribution is -0.00566. The van der Waals surface area contributed by atoms with Crippen LogP contribution in [0.5, 0.6) is 0 Å². The molecule has 0 saturated carbocycles. The summed E-state index contributed by atoms with van der Waals surface area (Å²) >= 11 is 0. The highest BCUT2D eigenvalue weighted by Gasteiger charge is 2.26. The lowest BCUT2D eigenvalue weighted by Crippen LogP contribution is -2.45. The summed E-state index contributed by atoms with van der Waals surface area (Å²) < 4.78 is 5.55. The first-order valence-electron chi connectivity index (χ1n) is 6.78. The van der Waals surface area contributed by atoms with E-state index in [9.17, 15) is 0 Å². The molecule has 0 aromatic heterocycles. The molecule has 0 aromatic rings. The number of hydrogen-bond acceptors (Lipinski definition) is 3. The van der Waals surface area contributed by atoms with E-state index < -0.39 is 0 Å². The summed E-state index contributed by atoms with van der Waals surface area (Å²) in [4.78, 5) is 2.58. The van der Waals surface area contributed by atoms with Crippen molar-refractivity contribution in [3.8, 4) is 0 Å². The summed E-state index contributed by atoms with van der Waals surface area (Å²) in [5.74, 6) is 0.728. The standard InChI is InChI=1S/C13H26N2O/c1-11-5-8-15(10-13(11)16-2)9-6-12-4-3-7-14-12/h11-14H,3-10H2,1-2H3. The van der Waals surface area contributed by atoms with Gasteiger partial charge in [0.1, 0.15) is 0 Å². The van der Waals surface area contributed by atoms with E-state index in [1.165, 1.54) is 45.3 Å². The quantitative estimate of drug-likeness (QED) is 0.786. The van der Waals surface area contributed by atoms with Gasteiger partial charge < -0.3 is 15.0 Å². The SMILES string of the molecule is COC1CN(CCC2CCCN2)CCC1C. The van der Waals surface area contributed by atoms with Crippen LogP contribution in [0.4, 0.5) is 0 Å². The third kappa shape index (κ3) is 3.19. The van der Waals surface area contributed by atoms with E-state index in [1.54, 1.807) is 0 Å². The fraction of sp³-hybridized carbons (Fsp3) is 1.00. The van der Waals surface area contributed by atoms with Crippen LogP contribution in [0.3, 0.4) is 0 Å². The lowest BCUT2D eigenvalue weighted by atomic mass is 9.95. The van der Waals surface area contributed by atoms with Gasteiger partial charge in [0.2, 0.25) is 0 Å². The first-order chi connectivity index (χ1) is 7.79. The number of likely N-dealkylation sites (tertiary alicyclic amines) is 1. The van der Waals surface area contributed by atoms with Crippen molar-refractivity contribution in [3.63, 3.8) is 0 Å². The van der Waals surface area contributed by atoms with E-state index in [0.29, 0.717) is 6.10 Å². The molecule has 0 bridgehead atoms. The molecule has 3 nitrogen and oxygen atoms in total. The fourth-order valence-electron chi connectivity index (χ4n) is 2.95. The molecule has 0 amide bonds. The van der Waals surface area contributed by atoms with E-state index in [4.69, 9.17) is 4.74 Å². The number of nitrogens with zero attached hydrogens (tertiary/aromatic N) is 1. The zero-order valence-electron chi connectivity index (χ0n) is 10.7. The second-order valence-electron chi connectivity index (χ2n) is 5.42. The van der Waals surface area contributed by atoms with E-state index >= 15 is 0 Å². The fourth-order valence-corrected chi connectivity index (χ4v) is 2.95. The van der Waals surface area contributed by atoms with E-state index in [2.05, 4.69) is 17.1 Å². The van der Waals surface area contributed by atoms with Crippen LogP contribution in [0.15, 0.2) is 0 Å². The first kappa shape index (κ1) is 12.3. The molecular formula is C13H26N2O. The van der Waals surface area contributed by atoms with Crippen LogP contribution >= 0.6 is 0 Å². The summed E-state index contributed by atoms with van der Waals surface area (Å²) in [6.45, 7) is 7.16. The second kappa shape index (κ2) is 5.99. The molecule has 0 spiro atoms. The molecule has 0 aromatic carbocycles. The minimum absolute atomic E-state index is 0.449. The molecule has 3 heteroatoms. The molecule has 94 valence electrons. The number of hydrogen-bond donors (Lipinski definition) is 1. The Hall–Kier alpha value is -0.120. The monoisotopic (exact) mass is 226 g/mol. The Balaban J connectivity index is 1.69. The molecular weight excluding hydrogens is 200 g/mol. The largest absolute Gasteiger partial charge is 0.380 e. The van der Waals surface area contributed by atoms with Gasteiger partial charge in [0, 0.05) is 19.7 Å². The molecule has 1 N–H and O–H groups in total. The van der Waals surface area contributed by atoms with E-state index in [1.807, 2.05) is 7.11 Å². The summed E-state index contributed by atoms with van der Waals surface area (Å²) in [5.41, 5.74) is 0. The number of methoxy groups -OCH3 is 1. The van der Waals surface area contributed by atoms with Crippen molar-refractivity contribution in [2.45, 2.75) is 44.8 Å². The normalized spacial score (nSPS) is 36.8. The number of rotatable bonds is 4. The predicted molar refractivity (Wildman–Crippen MR) is 66.7 cm³/mol. The molecule has 2 heterocycles. The zero-order valence-corrected chi connectivity index (χ0v) is 10.7. The molecule has 16 heavy (non-hydrogen) atoms. The van der Waals surface area contributed by atoms with Crippen molar-refractivity contribution in [2.24, 2.45) is 5.92 Å².